The zero-order valence-electron chi connectivity index (χ0n) is 11.8. The summed E-state index contributed by atoms with van der Waals surface area (Å²) in [6.07, 6.45) is 1.09. The third kappa shape index (κ3) is 2.34. The number of hydrogen-bond donors (Lipinski definition) is 1. The first kappa shape index (κ1) is 13.3. The van der Waals surface area contributed by atoms with Gasteiger partial charge in [-0.3, -0.25) is 0 Å². The SMILES string of the molecule is CCCNCc1oc2cc3c(cc2c1COC)OCO3. The predicted octanol–water partition coefficient (Wildman–Crippen LogP) is 2.81. The molecule has 0 atom stereocenters. The van der Waals surface area contributed by atoms with Gasteiger partial charge in [-0.05, 0) is 19.0 Å². The van der Waals surface area contributed by atoms with Crippen LogP contribution in [-0.4, -0.2) is 20.4 Å². The minimum atomic E-state index is 0.270. The van der Waals surface area contributed by atoms with Crippen LogP contribution in [0.2, 0.25) is 0 Å². The van der Waals surface area contributed by atoms with Crippen molar-refractivity contribution in [3.63, 3.8) is 0 Å². The molecule has 1 aliphatic heterocycles. The van der Waals surface area contributed by atoms with Gasteiger partial charge >= 0.3 is 0 Å². The highest BCUT2D eigenvalue weighted by atomic mass is 16.7. The molecule has 0 radical (unpaired) electrons. The maximum absolute atomic E-state index is 5.95. The van der Waals surface area contributed by atoms with E-state index >= 15 is 0 Å². The number of methoxy groups -OCH3 is 1. The Balaban J connectivity index is 1.99. The molecule has 0 amide bonds. The van der Waals surface area contributed by atoms with Crippen LogP contribution in [0.1, 0.15) is 24.7 Å². The number of fused-ring (bicyclic) bond motifs is 2. The topological polar surface area (TPSA) is 52.9 Å². The molecule has 0 bridgehead atoms. The molecule has 5 heteroatoms. The Morgan fingerprint density at radius 3 is 2.80 bits per heavy atom. The first-order valence-corrected chi connectivity index (χ1v) is 6.87. The molecule has 1 aromatic carbocycles. The van der Waals surface area contributed by atoms with Crippen LogP contribution in [0.3, 0.4) is 0 Å². The summed E-state index contributed by atoms with van der Waals surface area (Å²) in [6.45, 7) is 4.60. The van der Waals surface area contributed by atoms with Crippen LogP contribution in [0.15, 0.2) is 16.5 Å². The summed E-state index contributed by atoms with van der Waals surface area (Å²) in [4.78, 5) is 0. The third-order valence-corrected chi connectivity index (χ3v) is 3.37. The van der Waals surface area contributed by atoms with Crippen molar-refractivity contribution in [3.05, 3.63) is 23.5 Å². The van der Waals surface area contributed by atoms with E-state index in [9.17, 15) is 0 Å². The van der Waals surface area contributed by atoms with Gasteiger partial charge in [0.1, 0.15) is 11.3 Å². The lowest BCUT2D eigenvalue weighted by Crippen LogP contribution is -2.14. The Kier molecular flexibility index (Phi) is 3.80. The van der Waals surface area contributed by atoms with E-state index in [0.717, 1.165) is 46.8 Å². The van der Waals surface area contributed by atoms with E-state index in [1.165, 1.54) is 0 Å². The van der Waals surface area contributed by atoms with Crippen molar-refractivity contribution < 1.29 is 18.6 Å². The molecule has 2 heterocycles. The molecule has 0 unspecified atom stereocenters. The Bertz CT molecular complexity index is 605. The summed E-state index contributed by atoms with van der Waals surface area (Å²) >= 11 is 0. The fourth-order valence-corrected chi connectivity index (χ4v) is 2.41. The first-order chi connectivity index (χ1) is 9.83. The molecule has 1 aromatic heterocycles. The van der Waals surface area contributed by atoms with Crippen LogP contribution in [0.5, 0.6) is 11.5 Å². The molecule has 0 aliphatic carbocycles. The number of ether oxygens (including phenoxy) is 3. The van der Waals surface area contributed by atoms with Gasteiger partial charge in [0.2, 0.25) is 6.79 Å². The van der Waals surface area contributed by atoms with Crippen LogP contribution >= 0.6 is 0 Å². The van der Waals surface area contributed by atoms with E-state index in [0.29, 0.717) is 13.2 Å². The van der Waals surface area contributed by atoms with E-state index in [4.69, 9.17) is 18.6 Å². The van der Waals surface area contributed by atoms with Gasteiger partial charge in [0.25, 0.3) is 0 Å². The maximum Gasteiger partial charge on any atom is 0.231 e. The standard InChI is InChI=1S/C15H19NO4/c1-3-4-16-7-15-11(8-17-2)10-5-13-14(19-9-18-13)6-12(10)20-15/h5-6,16H,3-4,7-9H2,1-2H3. The summed E-state index contributed by atoms with van der Waals surface area (Å²) in [7, 11) is 1.69. The lowest BCUT2D eigenvalue weighted by molar-refractivity contribution is 0.174. The normalized spacial score (nSPS) is 13.3. The van der Waals surface area contributed by atoms with Crippen molar-refractivity contribution in [2.24, 2.45) is 0 Å². The van der Waals surface area contributed by atoms with Crippen LogP contribution in [-0.2, 0) is 17.9 Å². The summed E-state index contributed by atoms with van der Waals surface area (Å²) in [6, 6.07) is 3.86. The smallest absolute Gasteiger partial charge is 0.231 e. The molecule has 3 rings (SSSR count). The molecular weight excluding hydrogens is 258 g/mol. The molecule has 0 saturated heterocycles. The molecule has 5 nitrogen and oxygen atoms in total. The van der Waals surface area contributed by atoms with Gasteiger partial charge in [0.05, 0.1) is 13.2 Å². The van der Waals surface area contributed by atoms with Gasteiger partial charge in [0, 0.05) is 24.1 Å². The lowest BCUT2D eigenvalue weighted by Gasteiger charge is -2.03. The Morgan fingerprint density at radius 2 is 2.05 bits per heavy atom. The van der Waals surface area contributed by atoms with E-state index in [-0.39, 0.29) is 6.79 Å². The number of hydrogen-bond acceptors (Lipinski definition) is 5. The summed E-state index contributed by atoms with van der Waals surface area (Å²) in [5.41, 5.74) is 1.89. The monoisotopic (exact) mass is 277 g/mol. The zero-order valence-corrected chi connectivity index (χ0v) is 11.8. The molecule has 20 heavy (non-hydrogen) atoms. The average molecular weight is 277 g/mol. The number of furan rings is 1. The molecule has 2 aromatic rings. The van der Waals surface area contributed by atoms with Crippen molar-refractivity contribution in [1.82, 2.24) is 5.32 Å². The second-order valence-corrected chi connectivity index (χ2v) is 4.82. The molecule has 0 spiro atoms. The van der Waals surface area contributed by atoms with Crippen molar-refractivity contribution in [2.45, 2.75) is 26.5 Å². The molecule has 0 fully saturated rings. The first-order valence-electron chi connectivity index (χ1n) is 6.87. The summed E-state index contributed by atoms with van der Waals surface area (Å²) < 4.78 is 22.1. The van der Waals surface area contributed by atoms with Crippen LogP contribution in [0, 0.1) is 0 Å². The van der Waals surface area contributed by atoms with Crippen LogP contribution < -0.4 is 14.8 Å². The number of benzene rings is 1. The third-order valence-electron chi connectivity index (χ3n) is 3.37. The Morgan fingerprint density at radius 1 is 1.25 bits per heavy atom. The van der Waals surface area contributed by atoms with Crippen molar-refractivity contribution in [3.8, 4) is 11.5 Å². The zero-order chi connectivity index (χ0) is 13.9. The molecule has 1 N–H and O–H groups in total. The fourth-order valence-electron chi connectivity index (χ4n) is 2.41. The van der Waals surface area contributed by atoms with Gasteiger partial charge < -0.3 is 23.9 Å². The number of rotatable bonds is 6. The minimum absolute atomic E-state index is 0.270. The van der Waals surface area contributed by atoms with Gasteiger partial charge in [-0.2, -0.15) is 0 Å². The molecular formula is C15H19NO4. The van der Waals surface area contributed by atoms with Crippen molar-refractivity contribution in [2.75, 3.05) is 20.4 Å². The molecule has 1 aliphatic rings. The van der Waals surface area contributed by atoms with E-state index in [1.807, 2.05) is 12.1 Å². The molecule has 108 valence electrons. The van der Waals surface area contributed by atoms with Gasteiger partial charge in [-0.1, -0.05) is 6.92 Å². The quantitative estimate of drug-likeness (QED) is 0.823. The van der Waals surface area contributed by atoms with E-state index < -0.39 is 0 Å². The Labute approximate surface area is 117 Å². The largest absolute Gasteiger partial charge is 0.459 e. The van der Waals surface area contributed by atoms with Crippen LogP contribution in [0.4, 0.5) is 0 Å². The van der Waals surface area contributed by atoms with E-state index in [1.54, 1.807) is 7.11 Å². The highest BCUT2D eigenvalue weighted by Crippen LogP contribution is 2.39. The summed E-state index contributed by atoms with van der Waals surface area (Å²) in [5, 5.41) is 4.39. The van der Waals surface area contributed by atoms with Crippen molar-refractivity contribution >= 4 is 11.0 Å². The fraction of sp³-hybridized carbons (Fsp3) is 0.467. The number of nitrogens with one attached hydrogen (secondary N) is 1. The minimum Gasteiger partial charge on any atom is -0.459 e. The second kappa shape index (κ2) is 5.73. The van der Waals surface area contributed by atoms with Crippen LogP contribution in [0.25, 0.3) is 11.0 Å². The van der Waals surface area contributed by atoms with Gasteiger partial charge in [-0.25, -0.2) is 0 Å². The highest BCUT2D eigenvalue weighted by Gasteiger charge is 2.20. The summed E-state index contributed by atoms with van der Waals surface area (Å²) in [5.74, 6) is 2.42. The van der Waals surface area contributed by atoms with Gasteiger partial charge in [-0.15, -0.1) is 0 Å². The van der Waals surface area contributed by atoms with Gasteiger partial charge in [0.15, 0.2) is 11.5 Å². The second-order valence-electron chi connectivity index (χ2n) is 4.82. The maximum atomic E-state index is 5.95. The Hall–Kier alpha value is -1.72. The lowest BCUT2D eigenvalue weighted by atomic mass is 10.1. The predicted molar refractivity (Wildman–Crippen MR) is 75.0 cm³/mol. The van der Waals surface area contributed by atoms with E-state index in [2.05, 4.69) is 12.2 Å². The highest BCUT2D eigenvalue weighted by molar-refractivity contribution is 5.86. The molecule has 0 saturated carbocycles. The van der Waals surface area contributed by atoms with Crippen molar-refractivity contribution in [1.29, 1.82) is 0 Å². The average Bonchev–Trinajstić information content (AvgIpc) is 3.02.